The summed E-state index contributed by atoms with van der Waals surface area (Å²) in [4.78, 5) is 12.3. The van der Waals surface area contributed by atoms with E-state index in [-0.39, 0.29) is 11.3 Å². The molecular formula is C19H20N2O3S. The van der Waals surface area contributed by atoms with Gasteiger partial charge in [0.2, 0.25) is 10.0 Å². The highest BCUT2D eigenvalue weighted by molar-refractivity contribution is 7.92. The lowest BCUT2D eigenvalue weighted by atomic mass is 10.0. The average Bonchev–Trinajstić information content (AvgIpc) is 2.58. The first-order valence-electron chi connectivity index (χ1n) is 8.10. The molecule has 0 unspecified atom stereocenters. The number of hydrogen-bond acceptors (Lipinski definition) is 3. The molecule has 0 saturated heterocycles. The first-order chi connectivity index (χ1) is 11.9. The van der Waals surface area contributed by atoms with Crippen LogP contribution in [0.4, 0.5) is 5.69 Å². The van der Waals surface area contributed by atoms with Gasteiger partial charge in [0.15, 0.2) is 0 Å². The Kier molecular flexibility index (Phi) is 4.63. The summed E-state index contributed by atoms with van der Waals surface area (Å²) in [7, 11) is -1.63. The van der Waals surface area contributed by atoms with Gasteiger partial charge in [-0.05, 0) is 35.6 Å². The third-order valence-electron chi connectivity index (χ3n) is 4.01. The number of rotatable bonds is 5. The van der Waals surface area contributed by atoms with E-state index in [9.17, 15) is 13.2 Å². The minimum atomic E-state index is -3.35. The molecule has 3 rings (SSSR count). The molecule has 0 spiro atoms. The van der Waals surface area contributed by atoms with Gasteiger partial charge in [0.25, 0.3) is 5.56 Å². The number of nitrogens with zero attached hydrogens (tertiary/aromatic N) is 1. The van der Waals surface area contributed by atoms with Crippen molar-refractivity contribution in [3.63, 3.8) is 0 Å². The monoisotopic (exact) mass is 356 g/mol. The fourth-order valence-electron chi connectivity index (χ4n) is 2.90. The van der Waals surface area contributed by atoms with E-state index in [1.807, 2.05) is 31.2 Å². The van der Waals surface area contributed by atoms with Crippen molar-refractivity contribution in [3.05, 3.63) is 65.1 Å². The van der Waals surface area contributed by atoms with Crippen LogP contribution in [-0.4, -0.2) is 18.7 Å². The van der Waals surface area contributed by atoms with E-state index in [0.29, 0.717) is 17.5 Å². The Morgan fingerprint density at radius 2 is 1.76 bits per heavy atom. The molecule has 1 heterocycles. The fraction of sp³-hybridized carbons (Fsp3) is 0.211. The maximum atomic E-state index is 12.3. The van der Waals surface area contributed by atoms with E-state index in [1.165, 1.54) is 0 Å². The number of aromatic nitrogens is 1. The van der Waals surface area contributed by atoms with Gasteiger partial charge in [0.1, 0.15) is 0 Å². The molecule has 0 aliphatic heterocycles. The van der Waals surface area contributed by atoms with Gasteiger partial charge in [-0.15, -0.1) is 0 Å². The lowest BCUT2D eigenvalue weighted by Crippen LogP contribution is -2.17. The summed E-state index contributed by atoms with van der Waals surface area (Å²) in [5, 5.41) is 1.48. The molecule has 6 heteroatoms. The van der Waals surface area contributed by atoms with Crippen molar-refractivity contribution in [1.29, 1.82) is 0 Å². The van der Waals surface area contributed by atoms with Crippen LogP contribution in [-0.2, 0) is 17.1 Å². The number of nitrogens with one attached hydrogen (secondary N) is 1. The number of aryl methyl sites for hydroxylation is 1. The minimum Gasteiger partial charge on any atom is -0.317 e. The minimum absolute atomic E-state index is 0.0563. The van der Waals surface area contributed by atoms with Crippen LogP contribution in [0.1, 0.15) is 13.3 Å². The second kappa shape index (κ2) is 6.72. The highest BCUT2D eigenvalue weighted by Gasteiger charge is 2.12. The summed E-state index contributed by atoms with van der Waals surface area (Å²) < 4.78 is 28.2. The van der Waals surface area contributed by atoms with E-state index >= 15 is 0 Å². The third kappa shape index (κ3) is 3.58. The lowest BCUT2D eigenvalue weighted by Gasteiger charge is -2.12. The van der Waals surface area contributed by atoms with Crippen molar-refractivity contribution in [2.45, 2.75) is 13.3 Å². The molecule has 3 aromatic rings. The molecule has 0 atom stereocenters. The second-order valence-electron chi connectivity index (χ2n) is 6.01. The Bertz CT molecular complexity index is 1090. The fourth-order valence-corrected chi connectivity index (χ4v) is 4.02. The van der Waals surface area contributed by atoms with Crippen LogP contribution < -0.4 is 10.3 Å². The smallest absolute Gasteiger partial charge is 0.258 e. The third-order valence-corrected chi connectivity index (χ3v) is 5.50. The van der Waals surface area contributed by atoms with Gasteiger partial charge in [0, 0.05) is 29.9 Å². The van der Waals surface area contributed by atoms with Gasteiger partial charge in [-0.25, -0.2) is 8.42 Å². The zero-order valence-corrected chi connectivity index (χ0v) is 15.0. The van der Waals surface area contributed by atoms with Gasteiger partial charge < -0.3 is 4.57 Å². The van der Waals surface area contributed by atoms with E-state index in [0.717, 1.165) is 16.5 Å². The quantitative estimate of drug-likeness (QED) is 0.762. The highest BCUT2D eigenvalue weighted by atomic mass is 32.2. The zero-order chi connectivity index (χ0) is 18.0. The Hall–Kier alpha value is -2.60. The molecule has 0 amide bonds. The topological polar surface area (TPSA) is 68.2 Å². The van der Waals surface area contributed by atoms with Crippen molar-refractivity contribution >= 4 is 26.5 Å². The Balaban J connectivity index is 2.12. The summed E-state index contributed by atoms with van der Waals surface area (Å²) in [6.07, 6.45) is 2.34. The predicted molar refractivity (Wildman–Crippen MR) is 102 cm³/mol. The van der Waals surface area contributed by atoms with Gasteiger partial charge in [0.05, 0.1) is 5.75 Å². The van der Waals surface area contributed by atoms with Crippen molar-refractivity contribution in [3.8, 4) is 11.1 Å². The SMILES string of the molecule is CCCS(=O)(=O)Nc1cccc(-c2cn(C)c(=O)c3ccccc23)c1. The zero-order valence-electron chi connectivity index (χ0n) is 14.2. The number of hydrogen-bond donors (Lipinski definition) is 1. The molecule has 1 aromatic heterocycles. The molecule has 0 aliphatic rings. The average molecular weight is 356 g/mol. The Morgan fingerprint density at radius 1 is 1.04 bits per heavy atom. The predicted octanol–water partition coefficient (Wildman–Crippen LogP) is 3.36. The molecule has 5 nitrogen and oxygen atoms in total. The van der Waals surface area contributed by atoms with Crippen LogP contribution in [0.5, 0.6) is 0 Å². The molecule has 1 N–H and O–H groups in total. The van der Waals surface area contributed by atoms with Crippen LogP contribution in [0.3, 0.4) is 0 Å². The van der Waals surface area contributed by atoms with Crippen molar-refractivity contribution in [1.82, 2.24) is 4.57 Å². The number of benzene rings is 2. The number of sulfonamides is 1. The normalized spacial score (nSPS) is 11.6. The largest absolute Gasteiger partial charge is 0.317 e. The molecule has 130 valence electrons. The molecular weight excluding hydrogens is 336 g/mol. The van der Waals surface area contributed by atoms with E-state index < -0.39 is 10.0 Å². The molecule has 0 aliphatic carbocycles. The Morgan fingerprint density at radius 3 is 2.48 bits per heavy atom. The molecule has 0 saturated carbocycles. The first-order valence-corrected chi connectivity index (χ1v) is 9.76. The van der Waals surface area contributed by atoms with Gasteiger partial charge in [-0.3, -0.25) is 9.52 Å². The van der Waals surface area contributed by atoms with Gasteiger partial charge in [-0.2, -0.15) is 0 Å². The van der Waals surface area contributed by atoms with Crippen LogP contribution in [0.25, 0.3) is 21.9 Å². The first kappa shape index (κ1) is 17.2. The Labute approximate surface area is 147 Å². The maximum absolute atomic E-state index is 12.3. The van der Waals surface area contributed by atoms with Crippen molar-refractivity contribution in [2.75, 3.05) is 10.5 Å². The highest BCUT2D eigenvalue weighted by Crippen LogP contribution is 2.28. The summed E-state index contributed by atoms with van der Waals surface area (Å²) in [6, 6.07) is 14.7. The summed E-state index contributed by atoms with van der Waals surface area (Å²) in [5.41, 5.74) is 2.20. The second-order valence-corrected chi connectivity index (χ2v) is 7.85. The van der Waals surface area contributed by atoms with Crippen LogP contribution in [0.2, 0.25) is 0 Å². The summed E-state index contributed by atoms with van der Waals surface area (Å²) >= 11 is 0. The molecule has 25 heavy (non-hydrogen) atoms. The molecule has 0 bridgehead atoms. The van der Waals surface area contributed by atoms with Crippen LogP contribution in [0, 0.1) is 0 Å². The van der Waals surface area contributed by atoms with Crippen LogP contribution >= 0.6 is 0 Å². The molecule has 0 radical (unpaired) electrons. The van der Waals surface area contributed by atoms with E-state index in [4.69, 9.17) is 0 Å². The maximum Gasteiger partial charge on any atom is 0.258 e. The number of fused-ring (bicyclic) bond motifs is 1. The number of anilines is 1. The summed E-state index contributed by atoms with van der Waals surface area (Å²) in [5.74, 6) is 0.0833. The molecule has 0 fully saturated rings. The molecule has 2 aromatic carbocycles. The lowest BCUT2D eigenvalue weighted by molar-refractivity contribution is 0.600. The summed E-state index contributed by atoms with van der Waals surface area (Å²) in [6.45, 7) is 1.83. The van der Waals surface area contributed by atoms with Crippen molar-refractivity contribution < 1.29 is 8.42 Å². The standard InChI is InChI=1S/C19H20N2O3S/c1-3-11-25(23,24)20-15-8-6-7-14(12-15)18-13-21(2)19(22)17-10-5-4-9-16(17)18/h4-10,12-13,20H,3,11H2,1-2H3. The van der Waals surface area contributed by atoms with Gasteiger partial charge in [-0.1, -0.05) is 37.3 Å². The van der Waals surface area contributed by atoms with Crippen molar-refractivity contribution in [2.24, 2.45) is 7.05 Å². The number of pyridine rings is 1. The van der Waals surface area contributed by atoms with Gasteiger partial charge >= 0.3 is 0 Å². The van der Waals surface area contributed by atoms with E-state index in [2.05, 4.69) is 4.72 Å². The van der Waals surface area contributed by atoms with E-state index in [1.54, 1.807) is 42.1 Å². The van der Waals surface area contributed by atoms with Crippen LogP contribution in [0.15, 0.2) is 59.5 Å².